The minimum absolute atomic E-state index is 0.534. The van der Waals surface area contributed by atoms with Crippen LogP contribution in [-0.2, 0) is 9.53 Å². The van der Waals surface area contributed by atoms with Crippen molar-refractivity contribution in [3.63, 3.8) is 0 Å². The van der Waals surface area contributed by atoms with E-state index >= 15 is 0 Å². The Bertz CT molecular complexity index is 332. The number of carbonyl (C=O) groups is 1. The molecule has 0 heterocycles. The number of hydrogen-bond acceptors (Lipinski definition) is 3. The summed E-state index contributed by atoms with van der Waals surface area (Å²) in [4.78, 5) is 11.4. The van der Waals surface area contributed by atoms with Crippen LogP contribution in [0.25, 0.3) is 0 Å². The van der Waals surface area contributed by atoms with Crippen LogP contribution in [0.15, 0.2) is 0 Å². The molecule has 4 rings (SSSR count). The lowest BCUT2D eigenvalue weighted by Gasteiger charge is -2.55. The number of rotatable bonds is 3. The zero-order valence-corrected chi connectivity index (χ0v) is 10.2. The van der Waals surface area contributed by atoms with E-state index in [0.717, 1.165) is 38.5 Å². The highest BCUT2D eigenvalue weighted by Gasteiger charge is 2.55. The molecule has 4 aliphatic rings. The van der Waals surface area contributed by atoms with E-state index in [0.29, 0.717) is 17.8 Å². The molecular weight excluding hydrogens is 242 g/mol. The lowest BCUT2D eigenvalue weighted by molar-refractivity contribution is -0.213. The SMILES string of the molecule is O=C(OC12CC3CC(CC(C3)C1)C2)C(F)(F)CO. The summed E-state index contributed by atoms with van der Waals surface area (Å²) in [7, 11) is 0. The van der Waals surface area contributed by atoms with Crippen LogP contribution in [-0.4, -0.2) is 29.2 Å². The molecule has 4 aliphatic carbocycles. The summed E-state index contributed by atoms with van der Waals surface area (Å²) in [6.07, 6.45) is 5.67. The van der Waals surface area contributed by atoms with Gasteiger partial charge in [-0.1, -0.05) is 0 Å². The van der Waals surface area contributed by atoms with Crippen molar-refractivity contribution in [2.24, 2.45) is 17.8 Å². The Hall–Kier alpha value is -0.710. The Morgan fingerprint density at radius 2 is 1.61 bits per heavy atom. The number of esters is 1. The van der Waals surface area contributed by atoms with Gasteiger partial charge in [0.25, 0.3) is 0 Å². The fourth-order valence-corrected chi connectivity index (χ4v) is 4.49. The van der Waals surface area contributed by atoms with Gasteiger partial charge < -0.3 is 9.84 Å². The number of alkyl halides is 2. The molecule has 0 aromatic heterocycles. The van der Waals surface area contributed by atoms with Crippen molar-refractivity contribution in [1.29, 1.82) is 0 Å². The van der Waals surface area contributed by atoms with Gasteiger partial charge in [-0.3, -0.25) is 0 Å². The average molecular weight is 260 g/mol. The van der Waals surface area contributed by atoms with Crippen LogP contribution < -0.4 is 0 Å². The van der Waals surface area contributed by atoms with E-state index in [4.69, 9.17) is 9.84 Å². The zero-order chi connectivity index (χ0) is 13.0. The first-order valence-corrected chi connectivity index (χ1v) is 6.65. The van der Waals surface area contributed by atoms with Gasteiger partial charge in [0.15, 0.2) is 0 Å². The number of ether oxygens (including phenoxy) is 1. The molecule has 0 atom stereocenters. The molecule has 0 aromatic carbocycles. The van der Waals surface area contributed by atoms with E-state index in [1.54, 1.807) is 0 Å². The third-order valence-electron chi connectivity index (χ3n) is 4.79. The third kappa shape index (κ3) is 1.92. The van der Waals surface area contributed by atoms with Crippen molar-refractivity contribution in [2.45, 2.75) is 50.0 Å². The van der Waals surface area contributed by atoms with Gasteiger partial charge in [-0.2, -0.15) is 8.78 Å². The molecule has 0 amide bonds. The minimum Gasteiger partial charge on any atom is -0.455 e. The van der Waals surface area contributed by atoms with Crippen molar-refractivity contribution in [1.82, 2.24) is 0 Å². The molecule has 0 radical (unpaired) electrons. The summed E-state index contributed by atoms with van der Waals surface area (Å²) in [5.41, 5.74) is -0.662. The van der Waals surface area contributed by atoms with Crippen molar-refractivity contribution >= 4 is 5.97 Å². The molecular formula is C13H18F2O3. The lowest BCUT2D eigenvalue weighted by atomic mass is 9.54. The monoisotopic (exact) mass is 260 g/mol. The predicted octanol–water partition coefficient (Wildman–Crippen LogP) is 2.13. The molecule has 4 fully saturated rings. The van der Waals surface area contributed by atoms with E-state index in [-0.39, 0.29) is 0 Å². The number of aliphatic hydroxyl groups excluding tert-OH is 1. The van der Waals surface area contributed by atoms with Crippen molar-refractivity contribution in [3.05, 3.63) is 0 Å². The minimum atomic E-state index is -3.76. The molecule has 4 bridgehead atoms. The van der Waals surface area contributed by atoms with Crippen LogP contribution in [0.3, 0.4) is 0 Å². The number of aliphatic hydroxyl groups is 1. The molecule has 0 unspecified atom stereocenters. The van der Waals surface area contributed by atoms with Crippen LogP contribution in [0.1, 0.15) is 38.5 Å². The Balaban J connectivity index is 1.74. The van der Waals surface area contributed by atoms with Crippen LogP contribution in [0.5, 0.6) is 0 Å². The fraction of sp³-hybridized carbons (Fsp3) is 0.923. The Morgan fingerprint density at radius 1 is 1.17 bits per heavy atom. The Kier molecular flexibility index (Phi) is 2.66. The van der Waals surface area contributed by atoms with Crippen molar-refractivity contribution < 1.29 is 23.4 Å². The highest BCUT2D eigenvalue weighted by molar-refractivity contribution is 5.78. The summed E-state index contributed by atoms with van der Waals surface area (Å²) in [5, 5.41) is 8.53. The number of halogens is 2. The molecule has 3 nitrogen and oxygen atoms in total. The second-order valence-electron chi connectivity index (χ2n) is 6.35. The van der Waals surface area contributed by atoms with E-state index in [9.17, 15) is 13.6 Å². The van der Waals surface area contributed by atoms with Gasteiger partial charge in [0.2, 0.25) is 0 Å². The molecule has 102 valence electrons. The van der Waals surface area contributed by atoms with E-state index in [2.05, 4.69) is 0 Å². The molecule has 5 heteroatoms. The molecule has 4 saturated carbocycles. The average Bonchev–Trinajstić information content (AvgIpc) is 2.26. The van der Waals surface area contributed by atoms with Gasteiger partial charge in [0.1, 0.15) is 12.2 Å². The fourth-order valence-electron chi connectivity index (χ4n) is 4.49. The molecule has 0 saturated heterocycles. The smallest absolute Gasteiger partial charge is 0.380 e. The normalized spacial score (nSPS) is 42.1. The largest absolute Gasteiger partial charge is 0.455 e. The molecule has 18 heavy (non-hydrogen) atoms. The summed E-state index contributed by atoms with van der Waals surface area (Å²) in [6, 6.07) is 0. The maximum Gasteiger partial charge on any atom is 0.380 e. The lowest BCUT2D eigenvalue weighted by Crippen LogP contribution is -2.54. The van der Waals surface area contributed by atoms with Gasteiger partial charge >= 0.3 is 11.9 Å². The highest BCUT2D eigenvalue weighted by Crippen LogP contribution is 2.57. The summed E-state index contributed by atoms with van der Waals surface area (Å²) in [6.45, 7) is -1.47. The first-order valence-electron chi connectivity index (χ1n) is 6.65. The van der Waals surface area contributed by atoms with E-state index in [1.165, 1.54) is 0 Å². The maximum atomic E-state index is 13.1. The van der Waals surface area contributed by atoms with Crippen LogP contribution in [0.4, 0.5) is 8.78 Å². The highest BCUT2D eigenvalue weighted by atomic mass is 19.3. The van der Waals surface area contributed by atoms with Crippen molar-refractivity contribution in [3.8, 4) is 0 Å². The second kappa shape index (κ2) is 3.89. The third-order valence-corrected chi connectivity index (χ3v) is 4.79. The Labute approximate surface area is 105 Å². The predicted molar refractivity (Wildman–Crippen MR) is 59.0 cm³/mol. The summed E-state index contributed by atoms with van der Waals surface area (Å²) >= 11 is 0. The van der Waals surface area contributed by atoms with E-state index in [1.807, 2.05) is 0 Å². The molecule has 1 N–H and O–H groups in total. The zero-order valence-electron chi connectivity index (χ0n) is 10.2. The van der Waals surface area contributed by atoms with Crippen LogP contribution >= 0.6 is 0 Å². The molecule has 0 aliphatic heterocycles. The summed E-state index contributed by atoms with van der Waals surface area (Å²) in [5.74, 6) is -3.71. The topological polar surface area (TPSA) is 46.5 Å². The quantitative estimate of drug-likeness (QED) is 0.791. The van der Waals surface area contributed by atoms with E-state index < -0.39 is 24.1 Å². The van der Waals surface area contributed by atoms with Gasteiger partial charge in [-0.05, 0) is 56.3 Å². The van der Waals surface area contributed by atoms with Crippen LogP contribution in [0, 0.1) is 17.8 Å². The standard InChI is InChI=1S/C13H18F2O3/c14-13(15,7-16)11(17)18-12-4-8-1-9(5-12)3-10(2-8)6-12/h8-10,16H,1-7H2. The van der Waals surface area contributed by atoms with Gasteiger partial charge in [-0.15, -0.1) is 0 Å². The Morgan fingerprint density at radius 3 is 2.00 bits per heavy atom. The van der Waals surface area contributed by atoms with Crippen molar-refractivity contribution in [2.75, 3.05) is 6.61 Å². The summed E-state index contributed by atoms with van der Waals surface area (Å²) < 4.78 is 31.4. The molecule has 0 aromatic rings. The van der Waals surface area contributed by atoms with Gasteiger partial charge in [0, 0.05) is 0 Å². The first kappa shape index (κ1) is 12.3. The van der Waals surface area contributed by atoms with Gasteiger partial charge in [-0.25, -0.2) is 4.79 Å². The second-order valence-corrected chi connectivity index (χ2v) is 6.35. The molecule has 0 spiro atoms. The number of hydrogen-bond donors (Lipinski definition) is 1. The van der Waals surface area contributed by atoms with Crippen LogP contribution in [0.2, 0.25) is 0 Å². The first-order chi connectivity index (χ1) is 8.42. The maximum absolute atomic E-state index is 13.1. The van der Waals surface area contributed by atoms with Gasteiger partial charge in [0.05, 0.1) is 0 Å². The number of carbonyl (C=O) groups excluding carboxylic acids is 1.